The van der Waals surface area contributed by atoms with Crippen molar-refractivity contribution in [2.75, 3.05) is 0 Å². The summed E-state index contributed by atoms with van der Waals surface area (Å²) in [5.74, 6) is 1.32. The highest BCUT2D eigenvalue weighted by atomic mass is 32.1. The van der Waals surface area contributed by atoms with Gasteiger partial charge in [0, 0.05) is 60.4 Å². The van der Waals surface area contributed by atoms with E-state index in [0.717, 1.165) is 33.6 Å². The summed E-state index contributed by atoms with van der Waals surface area (Å²) in [4.78, 5) is 20.1. The predicted molar refractivity (Wildman–Crippen MR) is 238 cm³/mol. The maximum atomic E-state index is 5.28. The third-order valence-corrected chi connectivity index (χ3v) is 13.1. The Morgan fingerprint density at radius 2 is 1.07 bits per heavy atom. The highest BCUT2D eigenvalue weighted by Crippen LogP contribution is 2.61. The summed E-state index contributed by atoms with van der Waals surface area (Å²) >= 11 is 1.90. The smallest absolute Gasteiger partial charge is 0.160 e. The van der Waals surface area contributed by atoms with E-state index >= 15 is 0 Å². The molecule has 270 valence electrons. The van der Waals surface area contributed by atoms with Gasteiger partial charge >= 0.3 is 0 Å². The predicted octanol–water partition coefficient (Wildman–Crippen LogP) is 13.1. The molecule has 0 fully saturated rings. The van der Waals surface area contributed by atoms with Crippen LogP contribution >= 0.6 is 11.3 Å². The molecule has 0 aliphatic heterocycles. The normalized spacial score (nSPS) is 14.9. The van der Waals surface area contributed by atoms with Crippen LogP contribution in [0.1, 0.15) is 33.4 Å². The molecule has 0 bridgehead atoms. The Hall–Kier alpha value is -7.34. The van der Waals surface area contributed by atoms with Crippen molar-refractivity contribution < 1.29 is 0 Å². The molecule has 0 amide bonds. The minimum Gasteiger partial charge on any atom is -0.236 e. The van der Waals surface area contributed by atoms with Gasteiger partial charge in [-0.3, -0.25) is 0 Å². The van der Waals surface area contributed by atoms with Crippen LogP contribution in [-0.4, -0.2) is 19.9 Å². The van der Waals surface area contributed by atoms with Crippen molar-refractivity contribution in [3.05, 3.63) is 216 Å². The molecular formula is C53H32N4S. The molecular weight excluding hydrogens is 725 g/mol. The van der Waals surface area contributed by atoms with E-state index in [9.17, 15) is 0 Å². The average Bonchev–Trinajstić information content (AvgIpc) is 3.78. The maximum absolute atomic E-state index is 5.28. The number of benzene rings is 7. The Labute approximate surface area is 339 Å². The molecule has 58 heavy (non-hydrogen) atoms. The minimum atomic E-state index is -0.595. The fraction of sp³-hybridized carbons (Fsp3) is 0.0189. The molecule has 2 aliphatic carbocycles. The second kappa shape index (κ2) is 12.8. The molecule has 0 N–H and O–H groups in total. The quantitative estimate of drug-likeness (QED) is 0.179. The van der Waals surface area contributed by atoms with E-state index in [0.29, 0.717) is 11.6 Å². The molecule has 2 aliphatic rings. The Morgan fingerprint density at radius 3 is 1.88 bits per heavy atom. The van der Waals surface area contributed by atoms with Crippen molar-refractivity contribution in [3.63, 3.8) is 0 Å². The van der Waals surface area contributed by atoms with Gasteiger partial charge in [0.05, 0.1) is 16.8 Å². The molecule has 0 saturated heterocycles. The van der Waals surface area contributed by atoms with Gasteiger partial charge < -0.3 is 0 Å². The summed E-state index contributed by atoms with van der Waals surface area (Å²) in [6.07, 6.45) is 8.30. The van der Waals surface area contributed by atoms with Crippen LogP contribution < -0.4 is 0 Å². The Morgan fingerprint density at radius 1 is 0.414 bits per heavy atom. The van der Waals surface area contributed by atoms with E-state index in [1.807, 2.05) is 78.3 Å². The van der Waals surface area contributed by atoms with Crippen molar-refractivity contribution in [3.8, 4) is 56.4 Å². The number of thiophene rings is 1. The van der Waals surface area contributed by atoms with Gasteiger partial charge in [-0.15, -0.1) is 11.3 Å². The zero-order valence-electron chi connectivity index (χ0n) is 31.2. The van der Waals surface area contributed by atoms with Gasteiger partial charge in [0.2, 0.25) is 0 Å². The number of rotatable bonds is 4. The zero-order chi connectivity index (χ0) is 38.2. The number of hydrogen-bond donors (Lipinski definition) is 0. The first-order chi connectivity index (χ1) is 28.7. The summed E-state index contributed by atoms with van der Waals surface area (Å²) in [6, 6.07) is 60.7. The van der Waals surface area contributed by atoms with Crippen molar-refractivity contribution >= 4 is 43.7 Å². The lowest BCUT2D eigenvalue weighted by molar-refractivity contribution is 0.767. The van der Waals surface area contributed by atoms with E-state index in [1.54, 1.807) is 0 Å². The second-order valence-corrected chi connectivity index (χ2v) is 16.0. The molecule has 12 rings (SSSR count). The van der Waals surface area contributed by atoms with Gasteiger partial charge in [-0.2, -0.15) is 0 Å². The Balaban J connectivity index is 1.11. The fourth-order valence-corrected chi connectivity index (χ4v) is 10.5. The summed E-state index contributed by atoms with van der Waals surface area (Å²) in [6.45, 7) is 0. The van der Waals surface area contributed by atoms with Gasteiger partial charge in [0.25, 0.3) is 0 Å². The standard InChI is InChI=1S/C53H32N4S/c1-3-14-35(15-4-1)46-30-47(38-31-54-51(55-32-38)36-16-5-2-6-17-36)57-52(56-46)37-26-25-34-24-23-33-13-7-10-20-42(33)53(45(34)29-37)43-21-11-8-19-41(43)49-44(53)28-27-40-39-18-9-12-22-48(39)58-50(40)49/h1-32H. The van der Waals surface area contributed by atoms with E-state index in [-0.39, 0.29) is 0 Å². The molecule has 1 spiro atoms. The first-order valence-corrected chi connectivity index (χ1v) is 20.4. The first kappa shape index (κ1) is 32.9. The average molecular weight is 757 g/mol. The lowest BCUT2D eigenvalue weighted by Gasteiger charge is -2.35. The van der Waals surface area contributed by atoms with E-state index in [2.05, 4.69) is 127 Å². The minimum absolute atomic E-state index is 0.595. The molecule has 0 saturated carbocycles. The Bertz CT molecular complexity index is 3280. The van der Waals surface area contributed by atoms with Crippen molar-refractivity contribution in [2.24, 2.45) is 0 Å². The van der Waals surface area contributed by atoms with Crippen LogP contribution in [0.5, 0.6) is 0 Å². The first-order valence-electron chi connectivity index (χ1n) is 19.5. The van der Waals surface area contributed by atoms with Crippen LogP contribution in [0.25, 0.3) is 88.7 Å². The SMILES string of the molecule is C1=Cc2ccc(-c3nc(-c4ccccc4)cc(-c4cnc(-c5ccccc5)nc4)n3)cc2C2(c3ccccc31)c1ccccc1-c1c2ccc2c1sc1ccccc12. The van der Waals surface area contributed by atoms with Crippen LogP contribution in [0.4, 0.5) is 0 Å². The number of aromatic nitrogens is 4. The zero-order valence-corrected chi connectivity index (χ0v) is 32.0. The second-order valence-electron chi connectivity index (χ2n) is 15.0. The van der Waals surface area contributed by atoms with E-state index < -0.39 is 5.41 Å². The number of nitrogens with zero attached hydrogens (tertiary/aromatic N) is 4. The topological polar surface area (TPSA) is 51.6 Å². The molecule has 7 aromatic carbocycles. The van der Waals surface area contributed by atoms with Crippen LogP contribution in [0.3, 0.4) is 0 Å². The largest absolute Gasteiger partial charge is 0.236 e. The lowest BCUT2D eigenvalue weighted by atomic mass is 9.65. The van der Waals surface area contributed by atoms with Crippen LogP contribution in [0, 0.1) is 0 Å². The molecule has 5 heteroatoms. The van der Waals surface area contributed by atoms with Gasteiger partial charge in [-0.05, 0) is 57.1 Å². The summed E-state index contributed by atoms with van der Waals surface area (Å²) in [7, 11) is 0. The molecule has 4 nitrogen and oxygen atoms in total. The van der Waals surface area contributed by atoms with Crippen molar-refractivity contribution in [2.45, 2.75) is 5.41 Å². The maximum Gasteiger partial charge on any atom is 0.160 e. The van der Waals surface area contributed by atoms with Gasteiger partial charge in [0.15, 0.2) is 11.6 Å². The molecule has 3 aromatic heterocycles. The van der Waals surface area contributed by atoms with E-state index in [1.165, 1.54) is 64.7 Å². The van der Waals surface area contributed by atoms with Gasteiger partial charge in [0.1, 0.15) is 0 Å². The summed E-state index contributed by atoms with van der Waals surface area (Å²) in [5, 5.41) is 2.61. The molecule has 0 radical (unpaired) electrons. The molecule has 10 aromatic rings. The van der Waals surface area contributed by atoms with Crippen molar-refractivity contribution in [1.29, 1.82) is 0 Å². The van der Waals surface area contributed by atoms with Crippen LogP contribution in [-0.2, 0) is 5.41 Å². The van der Waals surface area contributed by atoms with Gasteiger partial charge in [-0.25, -0.2) is 19.9 Å². The molecule has 1 unspecified atom stereocenters. The van der Waals surface area contributed by atoms with Crippen molar-refractivity contribution in [1.82, 2.24) is 19.9 Å². The number of hydrogen-bond acceptors (Lipinski definition) is 5. The molecule has 3 heterocycles. The highest BCUT2D eigenvalue weighted by molar-refractivity contribution is 7.26. The third kappa shape index (κ3) is 4.87. The van der Waals surface area contributed by atoms with Crippen LogP contribution in [0.15, 0.2) is 182 Å². The highest BCUT2D eigenvalue weighted by Gasteiger charge is 2.49. The van der Waals surface area contributed by atoms with E-state index in [4.69, 9.17) is 19.9 Å². The lowest BCUT2D eigenvalue weighted by Crippen LogP contribution is -2.30. The molecule has 1 atom stereocenters. The van der Waals surface area contributed by atoms with Gasteiger partial charge in [-0.1, -0.05) is 164 Å². The number of fused-ring (bicyclic) bond motifs is 13. The monoisotopic (exact) mass is 756 g/mol. The summed E-state index contributed by atoms with van der Waals surface area (Å²) in [5.41, 5.74) is 14.8. The fourth-order valence-electron chi connectivity index (χ4n) is 9.27. The Kier molecular flexibility index (Phi) is 7.28. The summed E-state index contributed by atoms with van der Waals surface area (Å²) < 4.78 is 2.64. The third-order valence-electron chi connectivity index (χ3n) is 11.8. The van der Waals surface area contributed by atoms with Crippen LogP contribution in [0.2, 0.25) is 0 Å².